The van der Waals surface area contributed by atoms with Gasteiger partial charge >= 0.3 is 60.7 Å². The lowest BCUT2D eigenvalue weighted by Crippen LogP contribution is -2.40. The summed E-state index contributed by atoms with van der Waals surface area (Å²) in [5.74, 6) is -5.68. The van der Waals surface area contributed by atoms with Gasteiger partial charge in [-0.3, -0.25) is 24.0 Å². The number of benzene rings is 5. The molecule has 5 atom stereocenters. The van der Waals surface area contributed by atoms with Gasteiger partial charge in [0.05, 0.1) is 54.0 Å². The SMILES string of the molecule is CCC(C)(C)C(=O)Oc1c(C)cc(C(C)(O)C(F)(F)F)cc1C.CCC(C)(C)C(=O)Oc1cc(OC)c(C(C)(O)C(F)(F)F)c(OC)c1.CCC(C)(C)C(=O)Oc1ccc(C(C)(O)C(F)(F)F)c(F)c1.CCC(C)(C)C(=O)Oc1ccc(C(C)(O)C(F)(F)F)c(O)c1.CCC(C)(C)C(=O)Oc1ccc(C(C)(O)C(F)(F)F)c(OC)c1. The summed E-state index contributed by atoms with van der Waals surface area (Å²) in [6.45, 7) is 31.9. The Hall–Kier alpha value is -8.67. The number of esters is 5. The number of ether oxygens (including phenoxy) is 8. The van der Waals surface area contributed by atoms with Crippen LogP contribution in [0.4, 0.5) is 70.2 Å². The molecule has 19 nitrogen and oxygen atoms in total. The number of aryl methyl sites for hydroxylation is 2. The molecule has 0 radical (unpaired) electrons. The minimum absolute atomic E-state index is 0.0399. The van der Waals surface area contributed by atoms with E-state index in [0.29, 0.717) is 83.9 Å². The van der Waals surface area contributed by atoms with Gasteiger partial charge in [-0.05, 0) is 215 Å². The number of hydrogen-bond acceptors (Lipinski definition) is 19. The summed E-state index contributed by atoms with van der Waals surface area (Å²) in [5, 5.41) is 58.3. The van der Waals surface area contributed by atoms with Crippen LogP contribution in [0.3, 0.4) is 0 Å². The maximum atomic E-state index is 13.9. The number of hydrogen-bond donors (Lipinski definition) is 6. The molecule has 0 heterocycles. The van der Waals surface area contributed by atoms with E-state index < -0.39 is 150 Å². The van der Waals surface area contributed by atoms with Gasteiger partial charge in [-0.25, -0.2) is 4.39 Å². The van der Waals surface area contributed by atoms with Gasteiger partial charge in [0.25, 0.3) is 0 Å². The highest BCUT2D eigenvalue weighted by Gasteiger charge is 2.57. The zero-order valence-electron chi connectivity index (χ0n) is 68.6. The number of aromatic hydroxyl groups is 1. The summed E-state index contributed by atoms with van der Waals surface area (Å²) in [5.41, 5.74) is -21.8. The highest BCUT2D eigenvalue weighted by Crippen LogP contribution is 2.51. The van der Waals surface area contributed by atoms with Crippen molar-refractivity contribution in [2.24, 2.45) is 27.1 Å². The zero-order chi connectivity index (χ0) is 90.6. The van der Waals surface area contributed by atoms with E-state index in [9.17, 15) is 125 Å². The predicted molar refractivity (Wildman–Crippen MR) is 390 cm³/mol. The second-order valence-corrected chi connectivity index (χ2v) is 30.8. The summed E-state index contributed by atoms with van der Waals surface area (Å²) in [4.78, 5) is 60.1. The Morgan fingerprint density at radius 3 is 0.861 bits per heavy atom. The predicted octanol–water partition coefficient (Wildman–Crippen LogP) is 19.5. The molecular weight excluding hydrogens is 1570 g/mol. The number of aliphatic hydroxyl groups is 5. The number of methoxy groups -OCH3 is 3. The molecule has 0 aromatic heterocycles. The average molecular weight is 1670 g/mol. The average Bonchev–Trinajstić information content (AvgIpc) is 0.705. The molecule has 0 bridgehead atoms. The Balaban J connectivity index is 0.000000719. The van der Waals surface area contributed by atoms with Crippen LogP contribution in [0.25, 0.3) is 0 Å². The number of rotatable bonds is 23. The first-order chi connectivity index (χ1) is 51.6. The highest BCUT2D eigenvalue weighted by atomic mass is 19.4. The fraction of sp³-hybridized carbons (Fsp3) is 0.562. The van der Waals surface area contributed by atoms with Gasteiger partial charge in [0, 0.05) is 47.0 Å². The van der Waals surface area contributed by atoms with Crippen molar-refractivity contribution < 1.29 is 163 Å². The molecule has 0 aliphatic carbocycles. The molecule has 0 aliphatic rings. The smallest absolute Gasteiger partial charge is 0.421 e. The third-order valence-electron chi connectivity index (χ3n) is 19.6. The van der Waals surface area contributed by atoms with Crippen LogP contribution >= 0.6 is 0 Å². The van der Waals surface area contributed by atoms with E-state index in [1.54, 1.807) is 96.9 Å². The topological polar surface area (TPSA) is 281 Å². The maximum absolute atomic E-state index is 13.9. The van der Waals surface area contributed by atoms with E-state index in [1.165, 1.54) is 25.3 Å². The minimum Gasteiger partial charge on any atom is -0.507 e. The number of carbonyl (C=O) groups excluding carboxylic acids is 5. The third-order valence-corrected chi connectivity index (χ3v) is 19.6. The van der Waals surface area contributed by atoms with Crippen LogP contribution in [-0.4, -0.2) is 113 Å². The van der Waals surface area contributed by atoms with Crippen molar-refractivity contribution in [3.8, 4) is 51.7 Å². The molecule has 0 fully saturated rings. The lowest BCUT2D eigenvalue weighted by atomic mass is 9.90. The normalized spacial score (nSPS) is 15.1. The van der Waals surface area contributed by atoms with E-state index in [-0.39, 0.29) is 51.6 Å². The largest absolute Gasteiger partial charge is 0.507 e. The van der Waals surface area contributed by atoms with Gasteiger partial charge in [0.2, 0.25) is 0 Å². The van der Waals surface area contributed by atoms with Crippen molar-refractivity contribution in [1.82, 2.24) is 0 Å². The van der Waals surface area contributed by atoms with Crippen molar-refractivity contribution in [1.29, 1.82) is 0 Å². The molecule has 5 unspecified atom stereocenters. The van der Waals surface area contributed by atoms with Gasteiger partial charge in [0.15, 0.2) is 28.0 Å². The summed E-state index contributed by atoms with van der Waals surface area (Å²) in [7, 11) is 3.46. The molecule has 0 saturated carbocycles. The molecule has 115 heavy (non-hydrogen) atoms. The molecule has 5 rings (SSSR count). The van der Waals surface area contributed by atoms with E-state index in [4.69, 9.17) is 37.9 Å². The van der Waals surface area contributed by atoms with Gasteiger partial charge in [-0.2, -0.15) is 65.9 Å². The van der Waals surface area contributed by atoms with E-state index in [2.05, 4.69) is 0 Å². The first-order valence-electron chi connectivity index (χ1n) is 35.3. The standard InChI is InChI=1S/C17H23F3O5.C17H23F3O3.C16H21F3O4.C15H18F4O3.C15H19F3O4/c1-7-15(2,3)14(21)25-10-8-11(23-5)13(12(9-10)24-6)16(4,22)17(18,19)20;1-7-15(4,5)14(21)23-13-10(2)8-12(9-11(13)3)16(6,22)17(18,19)20;1-6-14(2,3)13(20)23-10-7-8-11(12(9-10)22-5)15(4,21)16(17,18)19;1-5-13(2,3)12(20)22-9-6-7-10(11(16)8-9)14(4,21)15(17,18)19;1-5-13(2,3)12(20)22-9-6-7-10(11(19)8-9)14(4,21)15(16,17)18/h8-9,22H,7H2,1-6H3;8-9,22H,7H2,1-6H3;7-9,21H,6H2,1-5H3;6-8,21H,5H2,1-4H3;6-8,19,21H,5H2,1-4H3. The van der Waals surface area contributed by atoms with Crippen LogP contribution < -0.4 is 37.9 Å². The van der Waals surface area contributed by atoms with E-state index in [1.807, 2.05) is 20.8 Å². The summed E-state index contributed by atoms with van der Waals surface area (Å²) in [6.07, 6.45) is -22.0. The lowest BCUT2D eigenvalue weighted by molar-refractivity contribution is -0.259. The summed E-state index contributed by atoms with van der Waals surface area (Å²) < 4.78 is 248. The number of halogens is 16. The quantitative estimate of drug-likeness (QED) is 0.0201. The first-order valence-corrected chi connectivity index (χ1v) is 35.3. The molecule has 5 aromatic rings. The van der Waals surface area contributed by atoms with E-state index in [0.717, 1.165) is 68.8 Å². The molecule has 35 heteroatoms. The first kappa shape index (κ1) is 104. The van der Waals surface area contributed by atoms with Gasteiger partial charge < -0.3 is 68.5 Å². The maximum Gasteiger partial charge on any atom is 0.421 e. The number of carbonyl (C=O) groups is 5. The van der Waals surface area contributed by atoms with Gasteiger partial charge in [-0.1, -0.05) is 34.6 Å². The molecule has 0 saturated heterocycles. The Morgan fingerprint density at radius 1 is 0.322 bits per heavy atom. The van der Waals surface area contributed by atoms with Crippen molar-refractivity contribution >= 4 is 29.8 Å². The zero-order valence-corrected chi connectivity index (χ0v) is 68.6. The third kappa shape index (κ3) is 25.9. The Kier molecular flexibility index (Phi) is 34.6. The Labute approximate surface area is 657 Å². The summed E-state index contributed by atoms with van der Waals surface area (Å²) in [6, 6.07) is 13.3. The number of phenolic OH excluding ortho intramolecular Hbond substituents is 1. The fourth-order valence-corrected chi connectivity index (χ4v) is 8.59. The van der Waals surface area contributed by atoms with Crippen molar-refractivity contribution in [3.05, 3.63) is 124 Å². The van der Waals surface area contributed by atoms with Crippen LogP contribution in [-0.2, 0) is 52.0 Å². The molecule has 6 N–H and O–H groups in total. The Bertz CT molecular complexity index is 4010. The number of phenols is 1. The van der Waals surface area contributed by atoms with Crippen molar-refractivity contribution in [2.75, 3.05) is 21.3 Å². The van der Waals surface area contributed by atoms with E-state index >= 15 is 0 Å². The molecule has 0 spiro atoms. The fourth-order valence-electron chi connectivity index (χ4n) is 8.59. The minimum atomic E-state index is -5.03. The highest BCUT2D eigenvalue weighted by molar-refractivity contribution is 5.81. The monoisotopic (exact) mass is 1670 g/mol. The number of alkyl halides is 15. The molecule has 650 valence electrons. The van der Waals surface area contributed by atoms with Crippen LogP contribution in [0.1, 0.15) is 210 Å². The van der Waals surface area contributed by atoms with Crippen LogP contribution in [0, 0.1) is 46.7 Å². The van der Waals surface area contributed by atoms with Crippen LogP contribution in [0.5, 0.6) is 51.7 Å². The van der Waals surface area contributed by atoms with Gasteiger partial charge in [-0.15, -0.1) is 0 Å². The second kappa shape index (κ2) is 38.2. The Morgan fingerprint density at radius 2 is 0.574 bits per heavy atom. The molecule has 5 aromatic carbocycles. The van der Waals surface area contributed by atoms with Crippen LogP contribution in [0.15, 0.2) is 78.9 Å². The van der Waals surface area contributed by atoms with Crippen molar-refractivity contribution in [3.63, 3.8) is 0 Å². The second-order valence-electron chi connectivity index (χ2n) is 30.8. The summed E-state index contributed by atoms with van der Waals surface area (Å²) >= 11 is 0. The molecule has 0 aliphatic heterocycles. The molecule has 0 amide bonds. The van der Waals surface area contributed by atoms with Gasteiger partial charge in [0.1, 0.15) is 57.6 Å². The van der Waals surface area contributed by atoms with Crippen molar-refractivity contribution in [2.45, 2.75) is 243 Å². The van der Waals surface area contributed by atoms with Crippen LogP contribution in [0.2, 0.25) is 0 Å². The lowest BCUT2D eigenvalue weighted by Gasteiger charge is -2.30. The molecular formula is C80H104F16O19.